The highest BCUT2D eigenvalue weighted by Crippen LogP contribution is 2.34. The third-order valence-corrected chi connectivity index (χ3v) is 6.35. The van der Waals surface area contributed by atoms with Crippen LogP contribution in [0.15, 0.2) is 78.2 Å². The van der Waals surface area contributed by atoms with Crippen molar-refractivity contribution in [1.29, 1.82) is 0 Å². The topological polar surface area (TPSA) is 66.5 Å². The molecule has 2 aromatic carbocycles. The number of nitrogens with zero attached hydrogens (tertiary/aromatic N) is 5. The highest BCUT2D eigenvalue weighted by Gasteiger charge is 2.19. The first-order valence-corrected chi connectivity index (χ1v) is 11.5. The van der Waals surface area contributed by atoms with Crippen LogP contribution in [0, 0.1) is 6.92 Å². The molecule has 0 aliphatic carbocycles. The summed E-state index contributed by atoms with van der Waals surface area (Å²) in [4.78, 5) is 4.79. The molecule has 3 heterocycles. The monoisotopic (exact) mass is 457 g/mol. The third kappa shape index (κ3) is 4.05. The van der Waals surface area contributed by atoms with Gasteiger partial charge in [0.05, 0.1) is 31.2 Å². The number of thioether (sulfide) groups is 1. The lowest BCUT2D eigenvalue weighted by molar-refractivity contribution is 0.414. The van der Waals surface area contributed by atoms with Gasteiger partial charge in [-0.25, -0.2) is 4.98 Å². The maximum Gasteiger partial charge on any atom is 0.196 e. The van der Waals surface area contributed by atoms with E-state index >= 15 is 0 Å². The molecular weight excluding hydrogens is 434 g/mol. The first-order valence-electron chi connectivity index (χ1n) is 10.5. The number of aromatic nitrogens is 5. The van der Waals surface area contributed by atoms with Gasteiger partial charge in [-0.1, -0.05) is 30.0 Å². The minimum Gasteiger partial charge on any atom is -0.497 e. The van der Waals surface area contributed by atoms with E-state index in [9.17, 15) is 0 Å². The van der Waals surface area contributed by atoms with Crippen LogP contribution in [-0.4, -0.2) is 38.4 Å². The van der Waals surface area contributed by atoms with Crippen LogP contribution in [-0.2, 0) is 5.75 Å². The Hall–Kier alpha value is -3.78. The van der Waals surface area contributed by atoms with Crippen LogP contribution in [0.25, 0.3) is 22.7 Å². The molecule has 0 atom stereocenters. The second-order valence-corrected chi connectivity index (χ2v) is 8.43. The van der Waals surface area contributed by atoms with Gasteiger partial charge in [-0.2, -0.15) is 0 Å². The molecule has 3 aromatic heterocycles. The molecule has 0 unspecified atom stereocenters. The van der Waals surface area contributed by atoms with E-state index in [4.69, 9.17) is 14.5 Å². The lowest BCUT2D eigenvalue weighted by Gasteiger charge is -2.12. The number of rotatable bonds is 7. The maximum atomic E-state index is 5.59. The van der Waals surface area contributed by atoms with E-state index in [2.05, 4.69) is 33.8 Å². The molecule has 0 saturated heterocycles. The molecule has 0 amide bonds. The van der Waals surface area contributed by atoms with Crippen molar-refractivity contribution in [3.05, 3.63) is 84.3 Å². The largest absolute Gasteiger partial charge is 0.497 e. The molecular formula is C25H23N5O2S. The fourth-order valence-corrected chi connectivity index (χ4v) is 4.58. The number of ether oxygens (including phenoxy) is 2. The molecule has 5 aromatic rings. The van der Waals surface area contributed by atoms with Gasteiger partial charge in [0.25, 0.3) is 0 Å². The van der Waals surface area contributed by atoms with Crippen LogP contribution in [0.5, 0.6) is 11.5 Å². The predicted molar refractivity (Wildman–Crippen MR) is 129 cm³/mol. The normalized spacial score (nSPS) is 11.1. The molecule has 7 nitrogen and oxygen atoms in total. The van der Waals surface area contributed by atoms with Gasteiger partial charge in [0.2, 0.25) is 0 Å². The van der Waals surface area contributed by atoms with Crippen molar-refractivity contribution in [2.45, 2.75) is 17.8 Å². The molecule has 0 aliphatic rings. The number of pyridine rings is 1. The minimum atomic E-state index is 0.668. The van der Waals surface area contributed by atoms with Crippen LogP contribution in [0.2, 0.25) is 0 Å². The summed E-state index contributed by atoms with van der Waals surface area (Å²) in [5, 5.41) is 9.84. The molecule has 0 spiro atoms. The molecule has 33 heavy (non-hydrogen) atoms. The predicted octanol–water partition coefficient (Wildman–Crippen LogP) is 5.20. The zero-order chi connectivity index (χ0) is 22.8. The van der Waals surface area contributed by atoms with Crippen molar-refractivity contribution in [3.8, 4) is 28.6 Å². The zero-order valence-corrected chi connectivity index (χ0v) is 19.4. The molecule has 5 rings (SSSR count). The summed E-state index contributed by atoms with van der Waals surface area (Å²) in [6, 6.07) is 19.8. The van der Waals surface area contributed by atoms with E-state index in [1.54, 1.807) is 26.0 Å². The van der Waals surface area contributed by atoms with Crippen LogP contribution in [0.3, 0.4) is 0 Å². The van der Waals surface area contributed by atoms with Crippen molar-refractivity contribution in [1.82, 2.24) is 24.1 Å². The maximum absolute atomic E-state index is 5.59. The summed E-state index contributed by atoms with van der Waals surface area (Å²) < 4.78 is 15.0. The number of imidazole rings is 1. The Morgan fingerprint density at radius 3 is 2.48 bits per heavy atom. The summed E-state index contributed by atoms with van der Waals surface area (Å²) in [5.41, 5.74) is 4.92. The quantitative estimate of drug-likeness (QED) is 0.313. The summed E-state index contributed by atoms with van der Waals surface area (Å²) >= 11 is 1.60. The van der Waals surface area contributed by atoms with Crippen molar-refractivity contribution in [2.75, 3.05) is 14.2 Å². The zero-order valence-electron chi connectivity index (χ0n) is 18.6. The van der Waals surface area contributed by atoms with Crippen molar-refractivity contribution < 1.29 is 9.47 Å². The third-order valence-electron chi connectivity index (χ3n) is 5.39. The number of aryl methyl sites for hydroxylation is 1. The van der Waals surface area contributed by atoms with Gasteiger partial charge in [0.1, 0.15) is 17.1 Å². The average molecular weight is 458 g/mol. The smallest absolute Gasteiger partial charge is 0.196 e. The Kier molecular flexibility index (Phi) is 5.75. The molecule has 0 radical (unpaired) electrons. The Morgan fingerprint density at radius 1 is 0.909 bits per heavy atom. The number of hydrogen-bond donors (Lipinski definition) is 0. The summed E-state index contributed by atoms with van der Waals surface area (Å²) in [6.45, 7) is 2.07. The van der Waals surface area contributed by atoms with Gasteiger partial charge in [-0.3, -0.25) is 4.57 Å². The Morgan fingerprint density at radius 2 is 1.73 bits per heavy atom. The minimum absolute atomic E-state index is 0.668. The molecule has 166 valence electrons. The van der Waals surface area contributed by atoms with Crippen LogP contribution in [0.1, 0.15) is 11.3 Å². The number of methoxy groups -OCH3 is 2. The standard InChI is InChI=1S/C25H23N5O2S/c1-17-7-6-14-29-15-18(26-23(17)29)16-33-25-28-27-24(21-8-4-5-9-22(21)32-3)30(25)19-10-12-20(31-2)13-11-19/h4-15H,16H2,1-3H3. The average Bonchev–Trinajstić information content (AvgIpc) is 3.47. The first-order chi connectivity index (χ1) is 16.2. The summed E-state index contributed by atoms with van der Waals surface area (Å²) in [7, 11) is 3.32. The van der Waals surface area contributed by atoms with E-state index in [1.807, 2.05) is 65.4 Å². The second kappa shape index (κ2) is 8.99. The Labute approximate surface area is 196 Å². The van der Waals surface area contributed by atoms with Gasteiger partial charge in [0.15, 0.2) is 11.0 Å². The van der Waals surface area contributed by atoms with Crippen molar-refractivity contribution >= 4 is 17.4 Å². The highest BCUT2D eigenvalue weighted by atomic mass is 32.2. The number of para-hydroxylation sites is 1. The molecule has 0 saturated carbocycles. The Bertz CT molecular complexity index is 1410. The molecule has 0 fully saturated rings. The van der Waals surface area contributed by atoms with Crippen molar-refractivity contribution in [2.24, 2.45) is 0 Å². The molecule has 8 heteroatoms. The lowest BCUT2D eigenvalue weighted by atomic mass is 10.2. The summed E-state index contributed by atoms with van der Waals surface area (Å²) in [5.74, 6) is 2.92. The van der Waals surface area contributed by atoms with E-state index in [1.165, 1.54) is 0 Å². The van der Waals surface area contributed by atoms with Gasteiger partial charge in [-0.05, 0) is 55.0 Å². The molecule has 0 aliphatic heterocycles. The van der Waals surface area contributed by atoms with Gasteiger partial charge in [0, 0.05) is 18.1 Å². The highest BCUT2D eigenvalue weighted by molar-refractivity contribution is 7.98. The van der Waals surface area contributed by atoms with E-state index in [-0.39, 0.29) is 0 Å². The van der Waals surface area contributed by atoms with Crippen LogP contribution >= 0.6 is 11.8 Å². The van der Waals surface area contributed by atoms with E-state index < -0.39 is 0 Å². The van der Waals surface area contributed by atoms with E-state index in [0.717, 1.165) is 44.8 Å². The first kappa shape index (κ1) is 21.1. The molecule has 0 N–H and O–H groups in total. The lowest BCUT2D eigenvalue weighted by Crippen LogP contribution is -2.01. The Balaban J connectivity index is 1.54. The van der Waals surface area contributed by atoms with Gasteiger partial charge >= 0.3 is 0 Å². The molecule has 0 bridgehead atoms. The summed E-state index contributed by atoms with van der Waals surface area (Å²) in [6.07, 6.45) is 4.08. The number of hydrogen-bond acceptors (Lipinski definition) is 6. The van der Waals surface area contributed by atoms with Crippen LogP contribution in [0.4, 0.5) is 0 Å². The van der Waals surface area contributed by atoms with Gasteiger partial charge < -0.3 is 13.9 Å². The fraction of sp³-hybridized carbons (Fsp3) is 0.160. The fourth-order valence-electron chi connectivity index (χ4n) is 3.74. The van der Waals surface area contributed by atoms with Crippen molar-refractivity contribution in [3.63, 3.8) is 0 Å². The number of benzene rings is 2. The number of fused-ring (bicyclic) bond motifs is 1. The van der Waals surface area contributed by atoms with Gasteiger partial charge in [-0.15, -0.1) is 10.2 Å². The van der Waals surface area contributed by atoms with Crippen LogP contribution < -0.4 is 9.47 Å². The van der Waals surface area contributed by atoms with E-state index in [0.29, 0.717) is 11.6 Å². The second-order valence-electron chi connectivity index (χ2n) is 7.48. The SMILES string of the molecule is COc1ccc(-n2c(SCc3cn4cccc(C)c4n3)nnc2-c2ccccc2OC)cc1.